The zero-order chi connectivity index (χ0) is 12.1. The van der Waals surface area contributed by atoms with E-state index >= 15 is 0 Å². The number of nitrogens with one attached hydrogen (secondary N) is 1. The summed E-state index contributed by atoms with van der Waals surface area (Å²) >= 11 is 2.07. The van der Waals surface area contributed by atoms with Gasteiger partial charge in [0.25, 0.3) is 0 Å². The van der Waals surface area contributed by atoms with Gasteiger partial charge in [-0.3, -0.25) is 0 Å². The molecule has 1 fully saturated rings. The van der Waals surface area contributed by atoms with Gasteiger partial charge in [-0.2, -0.15) is 0 Å². The van der Waals surface area contributed by atoms with E-state index in [1.165, 1.54) is 48.7 Å². The molecule has 1 N–H and O–H groups in total. The van der Waals surface area contributed by atoms with Crippen LogP contribution >= 0.6 is 11.8 Å². The lowest BCUT2D eigenvalue weighted by molar-refractivity contribution is 0.403. The second-order valence-electron chi connectivity index (χ2n) is 5.76. The average molecular weight is 260 g/mol. The van der Waals surface area contributed by atoms with Crippen molar-refractivity contribution in [2.45, 2.75) is 36.6 Å². The third-order valence-corrected chi connectivity index (χ3v) is 5.70. The van der Waals surface area contributed by atoms with Crippen molar-refractivity contribution in [3.8, 4) is 0 Å². The lowest BCUT2D eigenvalue weighted by atomic mass is 9.89. The molecule has 96 valence electrons. The Bertz CT molecular complexity index is 486. The Balaban J connectivity index is 1.90. The van der Waals surface area contributed by atoms with Gasteiger partial charge in [-0.15, -0.1) is 11.8 Å². The third-order valence-electron chi connectivity index (χ3n) is 4.58. The summed E-state index contributed by atoms with van der Waals surface area (Å²) in [6.07, 6.45) is 2.64. The molecule has 0 amide bonds. The summed E-state index contributed by atoms with van der Waals surface area (Å²) < 4.78 is 0. The normalized spacial score (nSPS) is 29.7. The first kappa shape index (κ1) is 11.2. The highest BCUT2D eigenvalue weighted by Crippen LogP contribution is 2.49. The van der Waals surface area contributed by atoms with Crippen LogP contribution in [-0.4, -0.2) is 31.4 Å². The van der Waals surface area contributed by atoms with Crippen molar-refractivity contribution in [1.82, 2.24) is 5.32 Å². The van der Waals surface area contributed by atoms with Gasteiger partial charge in [0.15, 0.2) is 0 Å². The van der Waals surface area contributed by atoms with Gasteiger partial charge in [-0.25, -0.2) is 0 Å². The van der Waals surface area contributed by atoms with E-state index in [1.54, 1.807) is 11.3 Å². The molecular weight excluding hydrogens is 240 g/mol. The van der Waals surface area contributed by atoms with Crippen LogP contribution in [0.1, 0.15) is 29.9 Å². The van der Waals surface area contributed by atoms with Crippen LogP contribution in [0.5, 0.6) is 0 Å². The second-order valence-corrected chi connectivity index (χ2v) is 6.90. The van der Waals surface area contributed by atoms with E-state index in [0.29, 0.717) is 0 Å². The lowest BCUT2D eigenvalue weighted by Crippen LogP contribution is -2.44. The summed E-state index contributed by atoms with van der Waals surface area (Å²) in [5, 5.41) is 3.58. The number of hydrogen-bond donors (Lipinski definition) is 1. The summed E-state index contributed by atoms with van der Waals surface area (Å²) in [7, 11) is 0. The summed E-state index contributed by atoms with van der Waals surface area (Å²) in [5.74, 6) is 2.01. The van der Waals surface area contributed by atoms with Gasteiger partial charge in [-0.05, 0) is 49.3 Å². The molecule has 0 radical (unpaired) electrons. The monoisotopic (exact) mass is 260 g/mol. The maximum absolute atomic E-state index is 3.58. The van der Waals surface area contributed by atoms with Gasteiger partial charge in [0.1, 0.15) is 0 Å². The Morgan fingerprint density at radius 2 is 2.33 bits per heavy atom. The highest BCUT2D eigenvalue weighted by molar-refractivity contribution is 7.99. The molecule has 0 aromatic heterocycles. The fourth-order valence-corrected chi connectivity index (χ4v) is 5.00. The van der Waals surface area contributed by atoms with Crippen LogP contribution < -0.4 is 10.2 Å². The van der Waals surface area contributed by atoms with Gasteiger partial charge in [-0.1, -0.05) is 6.07 Å². The Hall–Kier alpha value is -0.670. The van der Waals surface area contributed by atoms with Gasteiger partial charge >= 0.3 is 0 Å². The molecule has 3 aliphatic heterocycles. The maximum Gasteiger partial charge on any atom is 0.0543 e. The molecular formula is C15H20N2S. The summed E-state index contributed by atoms with van der Waals surface area (Å²) in [6.45, 7) is 5.86. The van der Waals surface area contributed by atoms with E-state index in [2.05, 4.69) is 41.0 Å². The van der Waals surface area contributed by atoms with Crippen LogP contribution in [0.2, 0.25) is 0 Å². The third kappa shape index (κ3) is 1.53. The number of nitrogens with zero attached hydrogens (tertiary/aromatic N) is 1. The molecule has 1 aromatic rings. The molecule has 0 saturated carbocycles. The van der Waals surface area contributed by atoms with Crippen LogP contribution in [0.4, 0.5) is 5.69 Å². The lowest BCUT2D eigenvalue weighted by Gasteiger charge is -2.33. The van der Waals surface area contributed by atoms with Gasteiger partial charge in [0.05, 0.1) is 5.69 Å². The predicted molar refractivity (Wildman–Crippen MR) is 77.9 cm³/mol. The van der Waals surface area contributed by atoms with E-state index in [4.69, 9.17) is 0 Å². The zero-order valence-electron chi connectivity index (χ0n) is 10.9. The Morgan fingerprint density at radius 1 is 1.39 bits per heavy atom. The van der Waals surface area contributed by atoms with E-state index in [1.807, 2.05) is 0 Å². The molecule has 3 aliphatic rings. The minimum atomic E-state index is 0.728. The van der Waals surface area contributed by atoms with Crippen molar-refractivity contribution in [2.75, 3.05) is 30.3 Å². The number of aryl methyl sites for hydroxylation is 1. The number of rotatable bonds is 0. The van der Waals surface area contributed by atoms with Gasteiger partial charge in [0, 0.05) is 29.9 Å². The second kappa shape index (κ2) is 4.17. The minimum Gasteiger partial charge on any atom is -0.367 e. The van der Waals surface area contributed by atoms with Crippen molar-refractivity contribution in [3.05, 3.63) is 23.3 Å². The topological polar surface area (TPSA) is 15.3 Å². The summed E-state index contributed by atoms with van der Waals surface area (Å²) in [4.78, 5) is 4.27. The van der Waals surface area contributed by atoms with Gasteiger partial charge in [0.2, 0.25) is 0 Å². The first-order chi connectivity index (χ1) is 8.84. The molecule has 0 spiro atoms. The Morgan fingerprint density at radius 3 is 3.28 bits per heavy atom. The maximum atomic E-state index is 3.58. The predicted octanol–water partition coefficient (Wildman–Crippen LogP) is 2.76. The van der Waals surface area contributed by atoms with Crippen LogP contribution in [-0.2, 0) is 0 Å². The highest BCUT2D eigenvalue weighted by Gasteiger charge is 2.41. The SMILES string of the molecule is Cc1cc2c3c(c1)[C@H]1CNCC[C@H]1N3CCCS2. The van der Waals surface area contributed by atoms with Crippen LogP contribution in [0.25, 0.3) is 0 Å². The number of piperidine rings is 1. The molecule has 3 heterocycles. The molecule has 3 heteroatoms. The summed E-state index contributed by atoms with van der Waals surface area (Å²) in [5.41, 5.74) is 4.64. The Labute approximate surface area is 113 Å². The van der Waals surface area contributed by atoms with E-state index in [9.17, 15) is 0 Å². The molecule has 0 aliphatic carbocycles. The Kier molecular flexibility index (Phi) is 2.59. The van der Waals surface area contributed by atoms with Crippen molar-refractivity contribution in [2.24, 2.45) is 0 Å². The fraction of sp³-hybridized carbons (Fsp3) is 0.600. The van der Waals surface area contributed by atoms with Crippen LogP contribution in [0.3, 0.4) is 0 Å². The molecule has 18 heavy (non-hydrogen) atoms. The number of hydrogen-bond acceptors (Lipinski definition) is 3. The highest BCUT2D eigenvalue weighted by atomic mass is 32.2. The van der Waals surface area contributed by atoms with Crippen molar-refractivity contribution < 1.29 is 0 Å². The molecule has 2 nitrogen and oxygen atoms in total. The fourth-order valence-electron chi connectivity index (χ4n) is 3.87. The smallest absolute Gasteiger partial charge is 0.0543 e. The summed E-state index contributed by atoms with van der Waals surface area (Å²) in [6, 6.07) is 5.60. The van der Waals surface area contributed by atoms with Crippen LogP contribution in [0, 0.1) is 6.92 Å². The van der Waals surface area contributed by atoms with E-state index in [-0.39, 0.29) is 0 Å². The quantitative estimate of drug-likeness (QED) is 0.772. The molecule has 0 bridgehead atoms. The van der Waals surface area contributed by atoms with Gasteiger partial charge < -0.3 is 10.2 Å². The largest absolute Gasteiger partial charge is 0.367 e. The first-order valence-corrected chi connectivity index (χ1v) is 8.08. The molecule has 2 atom stereocenters. The first-order valence-electron chi connectivity index (χ1n) is 7.09. The molecule has 1 aromatic carbocycles. The molecule has 1 saturated heterocycles. The molecule has 0 unspecified atom stereocenters. The van der Waals surface area contributed by atoms with Crippen LogP contribution in [0.15, 0.2) is 17.0 Å². The average Bonchev–Trinajstić information content (AvgIpc) is 2.55. The number of benzene rings is 1. The van der Waals surface area contributed by atoms with E-state index < -0.39 is 0 Å². The number of anilines is 1. The molecule has 4 rings (SSSR count). The van der Waals surface area contributed by atoms with Crippen molar-refractivity contribution >= 4 is 17.4 Å². The zero-order valence-corrected chi connectivity index (χ0v) is 11.7. The standard InChI is InChI=1S/C15H20N2S/c1-10-7-11-12-9-16-4-3-13(12)17-5-2-6-18-14(8-10)15(11)17/h7-8,12-13,16H,2-6,9H2,1H3/t12-,13-/m1/s1. The minimum absolute atomic E-state index is 0.728. The van der Waals surface area contributed by atoms with Crippen molar-refractivity contribution in [1.29, 1.82) is 0 Å². The number of fused-ring (bicyclic) bond motifs is 3. The van der Waals surface area contributed by atoms with Crippen molar-refractivity contribution in [3.63, 3.8) is 0 Å². The number of thioether (sulfide) groups is 1. The van der Waals surface area contributed by atoms with E-state index in [0.717, 1.165) is 12.0 Å².